The summed E-state index contributed by atoms with van der Waals surface area (Å²) >= 11 is 8.92. The van der Waals surface area contributed by atoms with E-state index in [2.05, 4.69) is 27.9 Å². The van der Waals surface area contributed by atoms with Crippen molar-refractivity contribution in [3.05, 3.63) is 91.1 Å². The second kappa shape index (κ2) is 12.6. The molecule has 0 saturated carbocycles. The molecule has 1 aliphatic heterocycles. The number of benzene rings is 3. The average Bonchev–Trinajstić information content (AvgIpc) is 3.13. The normalized spacial score (nSPS) is 14.2. The lowest BCUT2D eigenvalue weighted by atomic mass is 10.1. The van der Waals surface area contributed by atoms with Crippen LogP contribution >= 0.6 is 46.0 Å². The van der Waals surface area contributed by atoms with Gasteiger partial charge < -0.3 is 14.8 Å². The highest BCUT2D eigenvalue weighted by Gasteiger charge is 2.36. The molecular formula is C27H21ClFIN2O5S. The Hall–Kier alpha value is -3.09. The molecule has 0 aromatic heterocycles. The quantitative estimate of drug-likeness (QED) is 0.201. The molecule has 7 nitrogen and oxygen atoms in total. The van der Waals surface area contributed by atoms with E-state index in [0.717, 1.165) is 16.7 Å². The molecule has 1 heterocycles. The molecule has 0 unspecified atom stereocenters. The predicted octanol–water partition coefficient (Wildman–Crippen LogP) is 6.74. The minimum atomic E-state index is -0.564. The van der Waals surface area contributed by atoms with E-state index in [4.69, 9.17) is 21.1 Å². The topological polar surface area (TPSA) is 84.9 Å². The highest BCUT2D eigenvalue weighted by atomic mass is 127. The summed E-state index contributed by atoms with van der Waals surface area (Å²) < 4.78 is 26.5. The van der Waals surface area contributed by atoms with Gasteiger partial charge in [0.2, 0.25) is 5.91 Å². The molecule has 11 heteroatoms. The molecule has 4 rings (SSSR count). The number of ether oxygens (including phenoxy) is 2. The Bertz CT molecular complexity index is 1400. The van der Waals surface area contributed by atoms with Gasteiger partial charge in [0.25, 0.3) is 11.1 Å². The molecule has 0 bridgehead atoms. The number of hydrogen-bond donors (Lipinski definition) is 1. The van der Waals surface area contributed by atoms with Crippen LogP contribution in [0.25, 0.3) is 6.08 Å². The van der Waals surface area contributed by atoms with E-state index in [1.807, 2.05) is 13.0 Å². The van der Waals surface area contributed by atoms with Crippen LogP contribution in [0.2, 0.25) is 5.02 Å². The second-order valence-corrected chi connectivity index (χ2v) is 10.5. The first-order valence-corrected chi connectivity index (χ1v) is 13.7. The van der Waals surface area contributed by atoms with E-state index < -0.39 is 29.4 Å². The Labute approximate surface area is 241 Å². The van der Waals surface area contributed by atoms with Gasteiger partial charge in [0.15, 0.2) is 11.5 Å². The SMILES string of the molecule is CCOc1cc(/C=C2\SC(=O)N(CC(=O)Nc3ccccc3)C2=O)cc(I)c1OCc1c(F)cccc1Cl. The average molecular weight is 667 g/mol. The number of anilines is 1. The Morgan fingerprint density at radius 3 is 2.61 bits per heavy atom. The smallest absolute Gasteiger partial charge is 0.294 e. The number of imide groups is 1. The van der Waals surface area contributed by atoms with Crippen LogP contribution in [0, 0.1) is 9.39 Å². The van der Waals surface area contributed by atoms with Gasteiger partial charge in [0, 0.05) is 11.3 Å². The number of carbonyl (C=O) groups excluding carboxylic acids is 3. The molecule has 0 radical (unpaired) electrons. The maximum atomic E-state index is 14.2. The number of para-hydroxylation sites is 1. The van der Waals surface area contributed by atoms with Gasteiger partial charge in [-0.3, -0.25) is 19.3 Å². The molecule has 0 atom stereocenters. The van der Waals surface area contributed by atoms with Crippen molar-refractivity contribution >= 4 is 74.8 Å². The van der Waals surface area contributed by atoms with Crippen molar-refractivity contribution in [1.29, 1.82) is 0 Å². The fourth-order valence-corrected chi connectivity index (χ4v) is 5.38. The summed E-state index contributed by atoms with van der Waals surface area (Å²) in [5.41, 5.74) is 1.38. The maximum Gasteiger partial charge on any atom is 0.294 e. The molecular weight excluding hydrogens is 646 g/mol. The van der Waals surface area contributed by atoms with Gasteiger partial charge in [-0.15, -0.1) is 0 Å². The van der Waals surface area contributed by atoms with E-state index in [-0.39, 0.29) is 22.1 Å². The molecule has 38 heavy (non-hydrogen) atoms. The summed E-state index contributed by atoms with van der Waals surface area (Å²) in [7, 11) is 0. The highest BCUT2D eigenvalue weighted by molar-refractivity contribution is 14.1. The van der Waals surface area contributed by atoms with Gasteiger partial charge in [-0.05, 0) is 89.3 Å². The molecule has 3 aromatic rings. The largest absolute Gasteiger partial charge is 0.490 e. The van der Waals surface area contributed by atoms with Gasteiger partial charge in [-0.25, -0.2) is 4.39 Å². The lowest BCUT2D eigenvalue weighted by Crippen LogP contribution is -2.36. The Kier molecular flexibility index (Phi) is 9.29. The van der Waals surface area contributed by atoms with Gasteiger partial charge in [-0.1, -0.05) is 35.9 Å². The number of halogens is 3. The molecule has 1 fully saturated rings. The second-order valence-electron chi connectivity index (χ2n) is 7.93. The Morgan fingerprint density at radius 1 is 1.13 bits per heavy atom. The summed E-state index contributed by atoms with van der Waals surface area (Å²) in [6.07, 6.45) is 1.56. The van der Waals surface area contributed by atoms with E-state index >= 15 is 0 Å². The summed E-state index contributed by atoms with van der Waals surface area (Å²) in [6.45, 7) is 1.64. The van der Waals surface area contributed by atoms with Crippen LogP contribution in [0.3, 0.4) is 0 Å². The first kappa shape index (κ1) is 27.9. The monoisotopic (exact) mass is 666 g/mol. The van der Waals surface area contributed by atoms with Crippen LogP contribution in [0.1, 0.15) is 18.1 Å². The van der Waals surface area contributed by atoms with Crippen molar-refractivity contribution in [1.82, 2.24) is 4.90 Å². The molecule has 3 amide bonds. The molecule has 1 N–H and O–H groups in total. The zero-order chi connectivity index (χ0) is 27.2. The van der Waals surface area contributed by atoms with Crippen molar-refractivity contribution in [2.45, 2.75) is 13.5 Å². The van der Waals surface area contributed by atoms with Crippen LogP contribution in [-0.4, -0.2) is 35.1 Å². The molecule has 0 aliphatic carbocycles. The third-order valence-corrected chi connectivity index (χ3v) is 7.35. The van der Waals surface area contributed by atoms with Crippen molar-refractivity contribution in [3.8, 4) is 11.5 Å². The van der Waals surface area contributed by atoms with E-state index in [0.29, 0.717) is 32.9 Å². The summed E-state index contributed by atoms with van der Waals surface area (Å²) in [6, 6.07) is 16.6. The Morgan fingerprint density at radius 2 is 1.89 bits per heavy atom. The summed E-state index contributed by atoms with van der Waals surface area (Å²) in [5, 5.41) is 2.38. The minimum Gasteiger partial charge on any atom is -0.490 e. The fourth-order valence-electron chi connectivity index (χ4n) is 3.54. The highest BCUT2D eigenvalue weighted by Crippen LogP contribution is 2.38. The predicted molar refractivity (Wildman–Crippen MR) is 154 cm³/mol. The fraction of sp³-hybridized carbons (Fsp3) is 0.148. The third kappa shape index (κ3) is 6.66. The van der Waals surface area contributed by atoms with Crippen LogP contribution in [0.4, 0.5) is 14.9 Å². The molecule has 3 aromatic carbocycles. The van der Waals surface area contributed by atoms with Crippen molar-refractivity contribution in [2.24, 2.45) is 0 Å². The van der Waals surface area contributed by atoms with Crippen LogP contribution in [-0.2, 0) is 16.2 Å². The van der Waals surface area contributed by atoms with Crippen molar-refractivity contribution < 1.29 is 28.2 Å². The van der Waals surface area contributed by atoms with Crippen LogP contribution < -0.4 is 14.8 Å². The number of thioether (sulfide) groups is 1. The molecule has 196 valence electrons. The first-order chi connectivity index (χ1) is 18.3. The van der Waals surface area contributed by atoms with E-state index in [1.165, 1.54) is 12.1 Å². The lowest BCUT2D eigenvalue weighted by Gasteiger charge is -2.16. The van der Waals surface area contributed by atoms with Crippen molar-refractivity contribution in [2.75, 3.05) is 18.5 Å². The van der Waals surface area contributed by atoms with Gasteiger partial charge in [0.05, 0.1) is 20.1 Å². The number of rotatable bonds is 9. The molecule has 1 saturated heterocycles. The van der Waals surface area contributed by atoms with Gasteiger partial charge >= 0.3 is 0 Å². The van der Waals surface area contributed by atoms with Gasteiger partial charge in [-0.2, -0.15) is 0 Å². The molecule has 0 spiro atoms. The van der Waals surface area contributed by atoms with E-state index in [1.54, 1.807) is 48.5 Å². The number of nitrogens with one attached hydrogen (secondary N) is 1. The number of hydrogen-bond acceptors (Lipinski definition) is 6. The molecule has 1 aliphatic rings. The standard InChI is InChI=1S/C27H21ClFIN2O5S/c1-2-36-22-12-16(11-21(30)25(22)37-15-18-19(28)9-6-10-20(18)29)13-23-26(34)32(27(35)38-23)14-24(33)31-17-7-4-3-5-8-17/h3-13H,2,14-15H2,1H3,(H,31,33)/b23-13-. The van der Waals surface area contributed by atoms with Crippen LogP contribution in [0.5, 0.6) is 11.5 Å². The van der Waals surface area contributed by atoms with E-state index in [9.17, 15) is 18.8 Å². The minimum absolute atomic E-state index is 0.106. The Balaban J connectivity index is 1.51. The first-order valence-electron chi connectivity index (χ1n) is 11.4. The van der Waals surface area contributed by atoms with Gasteiger partial charge in [0.1, 0.15) is 19.0 Å². The van der Waals surface area contributed by atoms with Crippen LogP contribution in [0.15, 0.2) is 65.6 Å². The number of carbonyl (C=O) groups is 3. The zero-order valence-electron chi connectivity index (χ0n) is 20.0. The summed E-state index contributed by atoms with van der Waals surface area (Å²) in [5.74, 6) is -0.737. The number of amides is 3. The summed E-state index contributed by atoms with van der Waals surface area (Å²) in [4.78, 5) is 38.9. The number of nitrogens with zero attached hydrogens (tertiary/aromatic N) is 1. The third-order valence-electron chi connectivity index (χ3n) is 5.28. The van der Waals surface area contributed by atoms with Crippen molar-refractivity contribution in [3.63, 3.8) is 0 Å². The lowest BCUT2D eigenvalue weighted by molar-refractivity contribution is -0.127. The zero-order valence-corrected chi connectivity index (χ0v) is 23.7. The maximum absolute atomic E-state index is 14.2.